The van der Waals surface area contributed by atoms with Crippen LogP contribution >= 0.6 is 0 Å². The van der Waals surface area contributed by atoms with E-state index in [1.54, 1.807) is 24.3 Å². The predicted octanol–water partition coefficient (Wildman–Crippen LogP) is -0.186. The van der Waals surface area contributed by atoms with Crippen molar-refractivity contribution in [1.29, 1.82) is 0 Å². The van der Waals surface area contributed by atoms with Crippen LogP contribution in [0.3, 0.4) is 0 Å². The summed E-state index contributed by atoms with van der Waals surface area (Å²) in [6, 6.07) is 13.7. The molecule has 2 atom stereocenters. The molecule has 0 unspecified atom stereocenters. The fourth-order valence-electron chi connectivity index (χ4n) is 3.25. The molecule has 3 rings (SSSR count). The molecule has 0 radical (unpaired) electrons. The van der Waals surface area contributed by atoms with Gasteiger partial charge in [0.1, 0.15) is 0 Å². The Morgan fingerprint density at radius 1 is 0.900 bits per heavy atom. The summed E-state index contributed by atoms with van der Waals surface area (Å²) in [6.07, 6.45) is -1.40. The first-order valence-electron chi connectivity index (χ1n) is 9.03. The summed E-state index contributed by atoms with van der Waals surface area (Å²) in [5.74, 6) is -1.08. The number of hydrogen-bond acceptors (Lipinski definition) is 7. The van der Waals surface area contributed by atoms with Crippen LogP contribution in [0.1, 0.15) is 0 Å². The molecule has 0 aromatic heterocycles. The van der Waals surface area contributed by atoms with Crippen LogP contribution in [0.4, 0.5) is 0 Å². The lowest BCUT2D eigenvalue weighted by Crippen LogP contribution is -2.49. The van der Waals surface area contributed by atoms with Gasteiger partial charge in [-0.05, 0) is 24.3 Å². The van der Waals surface area contributed by atoms with Gasteiger partial charge in [-0.1, -0.05) is 36.4 Å². The first kappa shape index (κ1) is 22.8. The minimum absolute atomic E-state index is 0.0194. The van der Waals surface area contributed by atoms with Crippen LogP contribution in [-0.2, 0) is 29.9 Å². The molecule has 1 aliphatic rings. The average Bonchev–Trinajstić information content (AvgIpc) is 2.98. The van der Waals surface area contributed by atoms with E-state index in [-0.39, 0.29) is 22.9 Å². The van der Waals surface area contributed by atoms with Crippen LogP contribution in [0.5, 0.6) is 0 Å². The van der Waals surface area contributed by atoms with Crippen LogP contribution in [0, 0.1) is 0 Å². The summed E-state index contributed by atoms with van der Waals surface area (Å²) in [5, 5.41) is 10.2. The van der Waals surface area contributed by atoms with Crippen molar-refractivity contribution in [2.75, 3.05) is 24.6 Å². The van der Waals surface area contributed by atoms with Crippen molar-refractivity contribution in [1.82, 2.24) is 9.03 Å². The number of rotatable bonds is 8. The van der Waals surface area contributed by atoms with Crippen LogP contribution in [-0.4, -0.2) is 71.4 Å². The Hall–Kier alpha value is -1.83. The minimum atomic E-state index is -4.18. The van der Waals surface area contributed by atoms with Crippen molar-refractivity contribution in [3.8, 4) is 0 Å². The zero-order chi connectivity index (χ0) is 22.0. The van der Waals surface area contributed by atoms with E-state index >= 15 is 0 Å². The largest absolute Gasteiger partial charge is 0.390 e. The van der Waals surface area contributed by atoms with E-state index in [1.807, 2.05) is 0 Å². The number of aliphatic hydroxyl groups excluding tert-OH is 1. The monoisotopic (exact) mass is 474 g/mol. The predicted molar refractivity (Wildman–Crippen MR) is 110 cm³/mol. The molecule has 30 heavy (non-hydrogen) atoms. The van der Waals surface area contributed by atoms with Gasteiger partial charge in [-0.25, -0.2) is 30.0 Å². The molecular formula is C18H22N2O7S3. The number of benzene rings is 2. The standard InChI is InChI=1S/C18H22N2O7S3/c21-18-14-28(22,23)13-17(18)20(30(26,27)16-9-5-2-6-10-16)12-11-19-29(24,25)15-7-3-1-4-8-15/h1-10,17-19,21H,11-14H2/t17-,18-/m0/s1. The summed E-state index contributed by atoms with van der Waals surface area (Å²) in [4.78, 5) is -0.0571. The quantitative estimate of drug-likeness (QED) is 0.541. The van der Waals surface area contributed by atoms with E-state index in [0.29, 0.717) is 0 Å². The number of nitrogens with zero attached hydrogens (tertiary/aromatic N) is 1. The van der Waals surface area contributed by atoms with E-state index < -0.39 is 53.5 Å². The molecule has 2 N–H and O–H groups in total. The van der Waals surface area contributed by atoms with Crippen molar-refractivity contribution in [2.24, 2.45) is 0 Å². The molecule has 0 bridgehead atoms. The summed E-state index contributed by atoms with van der Waals surface area (Å²) in [7, 11) is -11.7. The van der Waals surface area contributed by atoms with Gasteiger partial charge in [0.15, 0.2) is 9.84 Å². The van der Waals surface area contributed by atoms with E-state index in [9.17, 15) is 30.4 Å². The number of sulfone groups is 1. The second-order valence-corrected chi connectivity index (χ2v) is 12.7. The van der Waals surface area contributed by atoms with Gasteiger partial charge < -0.3 is 5.11 Å². The van der Waals surface area contributed by atoms with E-state index in [0.717, 1.165) is 4.31 Å². The molecule has 0 amide bonds. The molecule has 2 aromatic carbocycles. The number of aliphatic hydroxyl groups is 1. The average molecular weight is 475 g/mol. The maximum Gasteiger partial charge on any atom is 0.243 e. The third-order valence-corrected chi connectivity index (χ3v) is 9.81. The van der Waals surface area contributed by atoms with E-state index in [1.165, 1.54) is 36.4 Å². The third kappa shape index (κ3) is 5.07. The molecule has 9 nitrogen and oxygen atoms in total. The Morgan fingerprint density at radius 2 is 1.43 bits per heavy atom. The lowest BCUT2D eigenvalue weighted by molar-refractivity contribution is 0.128. The van der Waals surface area contributed by atoms with Gasteiger partial charge in [0, 0.05) is 13.1 Å². The SMILES string of the molecule is O=S1(=O)C[C@H](O)[C@@H](N(CCNS(=O)(=O)c2ccccc2)S(=O)(=O)c2ccccc2)C1. The highest BCUT2D eigenvalue weighted by Crippen LogP contribution is 2.25. The summed E-state index contributed by atoms with van der Waals surface area (Å²) in [5.41, 5.74) is 0. The van der Waals surface area contributed by atoms with Crippen molar-refractivity contribution >= 4 is 29.9 Å². The third-order valence-electron chi connectivity index (χ3n) is 4.69. The van der Waals surface area contributed by atoms with Crippen LogP contribution in [0.15, 0.2) is 70.5 Å². The second-order valence-electron chi connectivity index (χ2n) is 6.85. The summed E-state index contributed by atoms with van der Waals surface area (Å²) >= 11 is 0. The van der Waals surface area contributed by atoms with Crippen molar-refractivity contribution in [2.45, 2.75) is 21.9 Å². The molecule has 0 aliphatic carbocycles. The number of nitrogens with one attached hydrogen (secondary N) is 1. The normalized spacial score (nSPS) is 21.7. The maximum absolute atomic E-state index is 13.1. The zero-order valence-corrected chi connectivity index (χ0v) is 18.3. The molecule has 0 saturated carbocycles. The Bertz CT molecular complexity index is 1180. The Labute approximate surface area is 176 Å². The van der Waals surface area contributed by atoms with Gasteiger partial charge in [0.05, 0.1) is 33.4 Å². The highest BCUT2D eigenvalue weighted by Gasteiger charge is 2.44. The topological polar surface area (TPSA) is 138 Å². The van der Waals surface area contributed by atoms with Crippen molar-refractivity contribution < 1.29 is 30.4 Å². The first-order valence-corrected chi connectivity index (χ1v) is 13.8. The summed E-state index contributed by atoms with van der Waals surface area (Å²) < 4.78 is 78.2. The highest BCUT2D eigenvalue weighted by molar-refractivity contribution is 7.92. The van der Waals surface area contributed by atoms with Gasteiger partial charge in [-0.3, -0.25) is 0 Å². The van der Waals surface area contributed by atoms with Crippen molar-refractivity contribution in [3.63, 3.8) is 0 Å². The molecule has 12 heteroatoms. The molecular weight excluding hydrogens is 452 g/mol. The van der Waals surface area contributed by atoms with Gasteiger partial charge in [0.25, 0.3) is 0 Å². The first-order chi connectivity index (χ1) is 14.0. The molecule has 1 heterocycles. The van der Waals surface area contributed by atoms with E-state index in [4.69, 9.17) is 0 Å². The minimum Gasteiger partial charge on any atom is -0.390 e. The zero-order valence-electron chi connectivity index (χ0n) is 15.8. The fraction of sp³-hybridized carbons (Fsp3) is 0.333. The van der Waals surface area contributed by atoms with Gasteiger partial charge in [-0.2, -0.15) is 4.31 Å². The maximum atomic E-state index is 13.1. The smallest absolute Gasteiger partial charge is 0.243 e. The van der Waals surface area contributed by atoms with Gasteiger partial charge in [-0.15, -0.1) is 0 Å². The second kappa shape index (κ2) is 8.73. The molecule has 164 valence electrons. The van der Waals surface area contributed by atoms with Crippen molar-refractivity contribution in [3.05, 3.63) is 60.7 Å². The molecule has 0 spiro atoms. The van der Waals surface area contributed by atoms with Crippen LogP contribution in [0.25, 0.3) is 0 Å². The van der Waals surface area contributed by atoms with Crippen LogP contribution in [0.2, 0.25) is 0 Å². The molecule has 1 fully saturated rings. The lowest BCUT2D eigenvalue weighted by atomic mass is 10.2. The Kier molecular flexibility index (Phi) is 6.65. The number of hydrogen-bond donors (Lipinski definition) is 2. The van der Waals surface area contributed by atoms with Gasteiger partial charge >= 0.3 is 0 Å². The lowest BCUT2D eigenvalue weighted by Gasteiger charge is -2.29. The number of sulfonamides is 2. The fourth-order valence-corrected chi connectivity index (χ4v) is 7.86. The Morgan fingerprint density at radius 3 is 1.93 bits per heavy atom. The van der Waals surface area contributed by atoms with E-state index in [2.05, 4.69) is 4.72 Å². The molecule has 1 aliphatic heterocycles. The van der Waals surface area contributed by atoms with Crippen LogP contribution < -0.4 is 4.72 Å². The highest BCUT2D eigenvalue weighted by atomic mass is 32.2. The molecule has 2 aromatic rings. The molecule has 1 saturated heterocycles. The van der Waals surface area contributed by atoms with Gasteiger partial charge in [0.2, 0.25) is 20.0 Å². The Balaban J connectivity index is 1.85. The summed E-state index contributed by atoms with van der Waals surface area (Å²) in [6.45, 7) is -0.646.